The van der Waals surface area contributed by atoms with Crippen LogP contribution in [0.4, 0.5) is 0 Å². The first-order valence-corrected chi connectivity index (χ1v) is 9.53. The topological polar surface area (TPSA) is 80.3 Å². The number of rotatable bonds is 6. The van der Waals surface area contributed by atoms with E-state index in [-0.39, 0.29) is 16.5 Å². The SMILES string of the molecule is CCCS(=O)(=O)NCc1ccc(S(=O)(=O)Cl)s1. The highest BCUT2D eigenvalue weighted by atomic mass is 35.7. The molecule has 9 heteroatoms. The molecule has 0 aliphatic carbocycles. The third kappa shape index (κ3) is 4.92. The molecule has 0 radical (unpaired) electrons. The van der Waals surface area contributed by atoms with Gasteiger partial charge in [0.1, 0.15) is 4.21 Å². The molecular formula is C8H12ClNO4S3. The lowest BCUT2D eigenvalue weighted by atomic mass is 10.5. The molecule has 1 heterocycles. The summed E-state index contributed by atoms with van der Waals surface area (Å²) in [5, 5.41) is 0. The van der Waals surface area contributed by atoms with Crippen molar-refractivity contribution in [2.24, 2.45) is 0 Å². The van der Waals surface area contributed by atoms with Crippen LogP contribution >= 0.6 is 22.0 Å². The quantitative estimate of drug-likeness (QED) is 0.806. The second-order valence-corrected chi connectivity index (χ2v) is 9.19. The fourth-order valence-electron chi connectivity index (χ4n) is 1.11. The Labute approximate surface area is 109 Å². The number of hydrogen-bond donors (Lipinski definition) is 1. The van der Waals surface area contributed by atoms with Crippen molar-refractivity contribution in [2.45, 2.75) is 24.1 Å². The molecule has 1 rings (SSSR count). The summed E-state index contributed by atoms with van der Waals surface area (Å²) in [6, 6.07) is 2.89. The Morgan fingerprint density at radius 1 is 1.29 bits per heavy atom. The molecule has 1 aromatic rings. The predicted octanol–water partition coefficient (Wildman–Crippen LogP) is 1.51. The van der Waals surface area contributed by atoms with Gasteiger partial charge in [-0.2, -0.15) is 0 Å². The smallest absolute Gasteiger partial charge is 0.212 e. The maximum Gasteiger partial charge on any atom is 0.270 e. The van der Waals surface area contributed by atoms with Crippen molar-refractivity contribution >= 4 is 41.1 Å². The Kier molecular flexibility index (Phi) is 4.96. The predicted molar refractivity (Wildman–Crippen MR) is 68.3 cm³/mol. The summed E-state index contributed by atoms with van der Waals surface area (Å²) in [5.74, 6) is 0.0546. The molecule has 0 aliphatic heterocycles. The minimum atomic E-state index is -3.73. The summed E-state index contributed by atoms with van der Waals surface area (Å²) in [6.07, 6.45) is 0.529. The van der Waals surface area contributed by atoms with Crippen molar-refractivity contribution in [1.82, 2.24) is 4.72 Å². The lowest BCUT2D eigenvalue weighted by molar-refractivity contribution is 0.580. The zero-order valence-electron chi connectivity index (χ0n) is 9.01. The number of thiophene rings is 1. The van der Waals surface area contributed by atoms with Crippen LogP contribution in [0.2, 0.25) is 0 Å². The minimum Gasteiger partial charge on any atom is -0.212 e. The van der Waals surface area contributed by atoms with E-state index in [0.29, 0.717) is 11.3 Å². The number of nitrogens with one attached hydrogen (secondary N) is 1. The second kappa shape index (κ2) is 5.66. The monoisotopic (exact) mass is 317 g/mol. The Morgan fingerprint density at radius 3 is 2.41 bits per heavy atom. The molecule has 1 aromatic heterocycles. The van der Waals surface area contributed by atoms with Gasteiger partial charge in [-0.25, -0.2) is 21.6 Å². The summed E-state index contributed by atoms with van der Waals surface area (Å²) in [6.45, 7) is 1.85. The van der Waals surface area contributed by atoms with Crippen LogP contribution in [0.15, 0.2) is 16.3 Å². The van der Waals surface area contributed by atoms with Gasteiger partial charge in [0.2, 0.25) is 10.0 Å². The highest BCUT2D eigenvalue weighted by molar-refractivity contribution is 8.15. The number of sulfonamides is 1. The molecule has 17 heavy (non-hydrogen) atoms. The Hall–Kier alpha value is -0.150. The molecule has 0 amide bonds. The molecule has 0 saturated carbocycles. The van der Waals surface area contributed by atoms with Crippen molar-refractivity contribution in [3.05, 3.63) is 17.0 Å². The number of halogens is 1. The molecule has 5 nitrogen and oxygen atoms in total. The average Bonchev–Trinajstić information content (AvgIpc) is 2.62. The molecule has 0 atom stereocenters. The summed E-state index contributed by atoms with van der Waals surface area (Å²) in [7, 11) is -1.86. The average molecular weight is 318 g/mol. The molecule has 0 spiro atoms. The van der Waals surface area contributed by atoms with Crippen molar-refractivity contribution in [3.8, 4) is 0 Å². The molecule has 1 N–H and O–H groups in total. The second-order valence-electron chi connectivity index (χ2n) is 3.30. The van der Waals surface area contributed by atoms with Gasteiger partial charge in [0.05, 0.1) is 5.75 Å². The van der Waals surface area contributed by atoms with Crippen molar-refractivity contribution in [3.63, 3.8) is 0 Å². The fourth-order valence-corrected chi connectivity index (χ4v) is 4.32. The van der Waals surface area contributed by atoms with E-state index in [1.54, 1.807) is 6.92 Å². The normalized spacial score (nSPS) is 12.8. The Balaban J connectivity index is 2.69. The third-order valence-electron chi connectivity index (χ3n) is 1.82. The van der Waals surface area contributed by atoms with Crippen LogP contribution in [0.5, 0.6) is 0 Å². The van der Waals surface area contributed by atoms with Gasteiger partial charge in [-0.3, -0.25) is 0 Å². The largest absolute Gasteiger partial charge is 0.270 e. The van der Waals surface area contributed by atoms with Crippen LogP contribution in [0.1, 0.15) is 18.2 Å². The molecule has 0 aromatic carbocycles. The lowest BCUT2D eigenvalue weighted by Gasteiger charge is -2.02. The van der Waals surface area contributed by atoms with E-state index in [0.717, 1.165) is 11.3 Å². The third-order valence-corrected chi connectivity index (χ3v) is 6.52. The Bertz CT molecular complexity index is 576. The van der Waals surface area contributed by atoms with Gasteiger partial charge in [0.15, 0.2) is 0 Å². The zero-order valence-corrected chi connectivity index (χ0v) is 12.2. The molecule has 0 bridgehead atoms. The Morgan fingerprint density at radius 2 is 1.94 bits per heavy atom. The highest BCUT2D eigenvalue weighted by Crippen LogP contribution is 2.24. The first-order chi connectivity index (χ1) is 7.74. The first kappa shape index (κ1) is 14.9. The molecular weight excluding hydrogens is 306 g/mol. The van der Waals surface area contributed by atoms with Crippen LogP contribution in [-0.2, 0) is 25.6 Å². The summed E-state index contributed by atoms with van der Waals surface area (Å²) in [4.78, 5) is 0.601. The van der Waals surface area contributed by atoms with Crippen LogP contribution in [0.25, 0.3) is 0 Å². The maximum atomic E-state index is 11.4. The number of hydrogen-bond acceptors (Lipinski definition) is 5. The summed E-state index contributed by atoms with van der Waals surface area (Å²) in [5.41, 5.74) is 0. The van der Waals surface area contributed by atoms with E-state index in [2.05, 4.69) is 4.72 Å². The van der Waals surface area contributed by atoms with E-state index >= 15 is 0 Å². The van der Waals surface area contributed by atoms with Gasteiger partial charge in [-0.1, -0.05) is 6.92 Å². The van der Waals surface area contributed by atoms with Gasteiger partial charge < -0.3 is 0 Å². The molecule has 0 aliphatic rings. The van der Waals surface area contributed by atoms with E-state index in [1.807, 2.05) is 0 Å². The standard InChI is InChI=1S/C8H12ClNO4S3/c1-2-5-16(11,12)10-6-7-3-4-8(15-7)17(9,13)14/h3-4,10H,2,5-6H2,1H3. The van der Waals surface area contributed by atoms with Gasteiger partial charge in [-0.05, 0) is 18.6 Å². The minimum absolute atomic E-state index is 0.0175. The maximum absolute atomic E-state index is 11.4. The van der Waals surface area contributed by atoms with Crippen molar-refractivity contribution < 1.29 is 16.8 Å². The van der Waals surface area contributed by atoms with E-state index in [4.69, 9.17) is 10.7 Å². The van der Waals surface area contributed by atoms with E-state index in [1.165, 1.54) is 12.1 Å². The molecule has 0 fully saturated rings. The van der Waals surface area contributed by atoms with E-state index in [9.17, 15) is 16.8 Å². The van der Waals surface area contributed by atoms with E-state index < -0.39 is 19.1 Å². The van der Waals surface area contributed by atoms with Gasteiger partial charge in [0.25, 0.3) is 9.05 Å². The van der Waals surface area contributed by atoms with Crippen molar-refractivity contribution in [2.75, 3.05) is 5.75 Å². The fraction of sp³-hybridized carbons (Fsp3) is 0.500. The van der Waals surface area contributed by atoms with Gasteiger partial charge in [-0.15, -0.1) is 11.3 Å². The highest BCUT2D eigenvalue weighted by Gasteiger charge is 2.14. The van der Waals surface area contributed by atoms with Crippen LogP contribution in [0.3, 0.4) is 0 Å². The van der Waals surface area contributed by atoms with Crippen molar-refractivity contribution in [1.29, 1.82) is 0 Å². The van der Waals surface area contributed by atoms with Crippen LogP contribution in [-0.4, -0.2) is 22.6 Å². The van der Waals surface area contributed by atoms with Crippen LogP contribution < -0.4 is 4.72 Å². The lowest BCUT2D eigenvalue weighted by Crippen LogP contribution is -2.25. The zero-order chi connectivity index (χ0) is 13.1. The molecule has 0 saturated heterocycles. The van der Waals surface area contributed by atoms with Crippen LogP contribution in [0, 0.1) is 0 Å². The first-order valence-electron chi connectivity index (χ1n) is 4.75. The molecule has 98 valence electrons. The van der Waals surface area contributed by atoms with Gasteiger partial charge >= 0.3 is 0 Å². The summed E-state index contributed by atoms with van der Waals surface area (Å²) < 4.78 is 47.1. The van der Waals surface area contributed by atoms with Gasteiger partial charge in [0, 0.05) is 22.1 Å². The summed E-state index contributed by atoms with van der Waals surface area (Å²) >= 11 is 0.952. The molecule has 0 unspecified atom stereocenters.